The summed E-state index contributed by atoms with van der Waals surface area (Å²) in [7, 11) is 0. The van der Waals surface area contributed by atoms with Crippen LogP contribution < -0.4 is 10.6 Å². The van der Waals surface area contributed by atoms with Crippen LogP contribution in [-0.4, -0.2) is 16.1 Å². The molecule has 1 aromatic carbocycles. The van der Waals surface area contributed by atoms with Crippen LogP contribution in [0.15, 0.2) is 18.2 Å². The summed E-state index contributed by atoms with van der Waals surface area (Å²) in [5, 5.41) is 26.6. The highest BCUT2D eigenvalue weighted by atomic mass is 32.1. The molecule has 0 spiro atoms. The van der Waals surface area contributed by atoms with Crippen molar-refractivity contribution in [2.24, 2.45) is 0 Å². The van der Waals surface area contributed by atoms with Crippen molar-refractivity contribution in [1.82, 2.24) is 5.32 Å². The van der Waals surface area contributed by atoms with Crippen LogP contribution in [0.2, 0.25) is 0 Å². The molecule has 2 heterocycles. The number of carbonyl (C=O) groups is 1. The normalized spacial score (nSPS) is 19.8. The number of hydrogen-bond donors (Lipinski definition) is 4. The standard InChI is InChI=1S/C16H16N2O3S/c19-8-5-6-11(20)10(7-8)14-17-15(21)13-9-3-1-2-4-12(9)22-16(13)18-14/h5-7,14,18-20H,1-4H2,(H,17,21)/t14-/m0/s1. The fourth-order valence-electron chi connectivity index (χ4n) is 3.21. The van der Waals surface area contributed by atoms with Crippen LogP contribution in [0.25, 0.3) is 0 Å². The molecule has 5 nitrogen and oxygen atoms in total. The average molecular weight is 316 g/mol. The number of hydrogen-bond acceptors (Lipinski definition) is 5. The zero-order chi connectivity index (χ0) is 15.3. The van der Waals surface area contributed by atoms with Gasteiger partial charge in [-0.15, -0.1) is 11.3 Å². The Labute approximate surface area is 131 Å². The van der Waals surface area contributed by atoms with Crippen molar-refractivity contribution >= 4 is 22.2 Å². The van der Waals surface area contributed by atoms with E-state index in [0.717, 1.165) is 29.8 Å². The maximum atomic E-state index is 12.5. The molecule has 114 valence electrons. The van der Waals surface area contributed by atoms with E-state index in [-0.39, 0.29) is 17.4 Å². The number of benzene rings is 1. The Bertz CT molecular complexity index is 769. The summed E-state index contributed by atoms with van der Waals surface area (Å²) in [4.78, 5) is 13.8. The third-order valence-corrected chi connectivity index (χ3v) is 5.49. The van der Waals surface area contributed by atoms with Crippen molar-refractivity contribution in [3.8, 4) is 11.5 Å². The Hall–Kier alpha value is -2.21. The van der Waals surface area contributed by atoms with Crippen molar-refractivity contribution in [1.29, 1.82) is 0 Å². The minimum Gasteiger partial charge on any atom is -0.508 e. The summed E-state index contributed by atoms with van der Waals surface area (Å²) in [6.45, 7) is 0. The molecule has 1 atom stereocenters. The van der Waals surface area contributed by atoms with E-state index < -0.39 is 6.17 Å². The number of anilines is 1. The second kappa shape index (κ2) is 4.91. The lowest BCUT2D eigenvalue weighted by atomic mass is 9.94. The van der Waals surface area contributed by atoms with Gasteiger partial charge in [-0.05, 0) is 49.4 Å². The molecule has 2 aromatic rings. The molecule has 4 N–H and O–H groups in total. The topological polar surface area (TPSA) is 81.6 Å². The maximum absolute atomic E-state index is 12.5. The predicted octanol–water partition coefficient (Wildman–Crippen LogP) is 2.89. The van der Waals surface area contributed by atoms with E-state index in [9.17, 15) is 15.0 Å². The minimum absolute atomic E-state index is 0.0420. The molecular weight excluding hydrogens is 300 g/mol. The first-order chi connectivity index (χ1) is 10.6. The van der Waals surface area contributed by atoms with E-state index in [0.29, 0.717) is 5.56 Å². The lowest BCUT2D eigenvalue weighted by Gasteiger charge is -2.27. The quantitative estimate of drug-likeness (QED) is 0.610. The van der Waals surface area contributed by atoms with Gasteiger partial charge in [-0.1, -0.05) is 0 Å². The fraction of sp³-hybridized carbons (Fsp3) is 0.312. The molecule has 6 heteroatoms. The number of fused-ring (bicyclic) bond motifs is 3. The molecular formula is C16H16N2O3S. The van der Waals surface area contributed by atoms with Gasteiger partial charge in [0.25, 0.3) is 5.91 Å². The fourth-order valence-corrected chi connectivity index (χ4v) is 4.52. The highest BCUT2D eigenvalue weighted by Crippen LogP contribution is 2.42. The van der Waals surface area contributed by atoms with Crippen molar-refractivity contribution in [3.63, 3.8) is 0 Å². The second-order valence-electron chi connectivity index (χ2n) is 5.71. The molecule has 0 bridgehead atoms. The number of carbonyl (C=O) groups excluding carboxylic acids is 1. The lowest BCUT2D eigenvalue weighted by molar-refractivity contribution is 0.0935. The number of amides is 1. The number of phenolic OH excluding ortho intramolecular Hbond substituents is 2. The zero-order valence-corrected chi connectivity index (χ0v) is 12.7. The third kappa shape index (κ3) is 2.02. The van der Waals surface area contributed by atoms with Crippen LogP contribution >= 0.6 is 11.3 Å². The summed E-state index contributed by atoms with van der Waals surface area (Å²) in [6.07, 6.45) is 3.75. The summed E-state index contributed by atoms with van der Waals surface area (Å²) < 4.78 is 0. The summed E-state index contributed by atoms with van der Waals surface area (Å²) in [5.74, 6) is -0.0126. The van der Waals surface area contributed by atoms with Crippen LogP contribution in [0.1, 0.15) is 45.4 Å². The van der Waals surface area contributed by atoms with Gasteiger partial charge < -0.3 is 20.8 Å². The molecule has 0 saturated carbocycles. The molecule has 2 aliphatic rings. The van der Waals surface area contributed by atoms with Gasteiger partial charge in [0.1, 0.15) is 22.7 Å². The SMILES string of the molecule is O=C1N[C@H](c2cc(O)ccc2O)Nc2sc3c(c21)CCCC3. The molecule has 0 unspecified atom stereocenters. The first kappa shape index (κ1) is 13.5. The van der Waals surface area contributed by atoms with Gasteiger partial charge >= 0.3 is 0 Å². The molecule has 0 saturated heterocycles. The Morgan fingerprint density at radius 3 is 2.82 bits per heavy atom. The van der Waals surface area contributed by atoms with Crippen LogP contribution in [0.4, 0.5) is 5.00 Å². The van der Waals surface area contributed by atoms with Gasteiger partial charge in [-0.25, -0.2) is 0 Å². The summed E-state index contributed by atoms with van der Waals surface area (Å²) >= 11 is 1.63. The maximum Gasteiger partial charge on any atom is 0.256 e. The first-order valence-electron chi connectivity index (χ1n) is 7.37. The second-order valence-corrected chi connectivity index (χ2v) is 6.81. The van der Waals surface area contributed by atoms with Crippen molar-refractivity contribution in [2.45, 2.75) is 31.8 Å². The van der Waals surface area contributed by atoms with E-state index in [4.69, 9.17) is 0 Å². The molecule has 1 aliphatic carbocycles. The van der Waals surface area contributed by atoms with E-state index in [1.165, 1.54) is 35.1 Å². The Morgan fingerprint density at radius 2 is 1.95 bits per heavy atom. The van der Waals surface area contributed by atoms with Crippen LogP contribution in [0.3, 0.4) is 0 Å². The van der Waals surface area contributed by atoms with E-state index >= 15 is 0 Å². The number of nitrogens with one attached hydrogen (secondary N) is 2. The summed E-state index contributed by atoms with van der Waals surface area (Å²) in [6, 6.07) is 4.30. The van der Waals surface area contributed by atoms with E-state index in [2.05, 4.69) is 10.6 Å². The van der Waals surface area contributed by atoms with Gasteiger partial charge in [0.15, 0.2) is 0 Å². The smallest absolute Gasteiger partial charge is 0.256 e. The van der Waals surface area contributed by atoms with Crippen molar-refractivity contribution in [2.75, 3.05) is 5.32 Å². The number of aromatic hydroxyl groups is 2. The highest BCUT2D eigenvalue weighted by molar-refractivity contribution is 7.16. The minimum atomic E-state index is -0.535. The Kier molecular flexibility index (Phi) is 3.00. The largest absolute Gasteiger partial charge is 0.508 e. The van der Waals surface area contributed by atoms with Gasteiger partial charge in [-0.3, -0.25) is 4.79 Å². The Balaban J connectivity index is 1.74. The van der Waals surface area contributed by atoms with E-state index in [1.807, 2.05) is 0 Å². The molecule has 0 fully saturated rings. The Morgan fingerprint density at radius 1 is 1.14 bits per heavy atom. The number of aryl methyl sites for hydroxylation is 1. The van der Waals surface area contributed by atoms with Gasteiger partial charge in [-0.2, -0.15) is 0 Å². The highest BCUT2D eigenvalue weighted by Gasteiger charge is 2.32. The number of thiophene rings is 1. The molecule has 1 aromatic heterocycles. The van der Waals surface area contributed by atoms with Gasteiger partial charge in [0.2, 0.25) is 0 Å². The van der Waals surface area contributed by atoms with Gasteiger partial charge in [0, 0.05) is 10.4 Å². The van der Waals surface area contributed by atoms with Crippen LogP contribution in [-0.2, 0) is 12.8 Å². The number of phenols is 2. The molecule has 1 aliphatic heterocycles. The van der Waals surface area contributed by atoms with E-state index in [1.54, 1.807) is 11.3 Å². The molecule has 0 radical (unpaired) electrons. The van der Waals surface area contributed by atoms with Crippen LogP contribution in [0, 0.1) is 0 Å². The lowest BCUT2D eigenvalue weighted by Crippen LogP contribution is -2.38. The molecule has 22 heavy (non-hydrogen) atoms. The van der Waals surface area contributed by atoms with Crippen molar-refractivity contribution < 1.29 is 15.0 Å². The number of rotatable bonds is 1. The average Bonchev–Trinajstić information content (AvgIpc) is 2.88. The zero-order valence-electron chi connectivity index (χ0n) is 11.8. The third-order valence-electron chi connectivity index (χ3n) is 4.27. The van der Waals surface area contributed by atoms with Gasteiger partial charge in [0.05, 0.1) is 5.56 Å². The monoisotopic (exact) mass is 316 g/mol. The summed E-state index contributed by atoms with van der Waals surface area (Å²) in [5.41, 5.74) is 2.40. The first-order valence-corrected chi connectivity index (χ1v) is 8.19. The van der Waals surface area contributed by atoms with Crippen molar-refractivity contribution in [3.05, 3.63) is 39.8 Å². The predicted molar refractivity (Wildman–Crippen MR) is 84.6 cm³/mol. The van der Waals surface area contributed by atoms with Crippen LogP contribution in [0.5, 0.6) is 11.5 Å². The molecule has 4 rings (SSSR count). The molecule has 1 amide bonds.